The molecule has 2 N–H and O–H groups in total. The van der Waals surface area contributed by atoms with Crippen molar-refractivity contribution < 1.29 is 4.79 Å². The van der Waals surface area contributed by atoms with Gasteiger partial charge in [0.15, 0.2) is 0 Å². The average Bonchev–Trinajstić information content (AvgIpc) is 2.87. The van der Waals surface area contributed by atoms with E-state index in [4.69, 9.17) is 22.3 Å². The van der Waals surface area contributed by atoms with Gasteiger partial charge in [-0.25, -0.2) is 4.98 Å². The lowest BCUT2D eigenvalue weighted by molar-refractivity contribution is 0.0678. The summed E-state index contributed by atoms with van der Waals surface area (Å²) in [4.78, 5) is 33.7. The molecule has 0 radical (unpaired) electrons. The molecular weight excluding hydrogens is 460 g/mol. The Morgan fingerprint density at radius 3 is 2.57 bits per heavy atom. The number of hydrogen-bond acceptors (Lipinski definition) is 4. The lowest BCUT2D eigenvalue weighted by atomic mass is 10.0. The quantitative estimate of drug-likeness (QED) is 0.316. The van der Waals surface area contributed by atoms with Crippen LogP contribution in [0.3, 0.4) is 0 Å². The summed E-state index contributed by atoms with van der Waals surface area (Å²) in [7, 11) is 1.71. The van der Waals surface area contributed by atoms with Crippen LogP contribution in [0.1, 0.15) is 54.8 Å². The largest absolute Gasteiger partial charge is 0.330 e. The van der Waals surface area contributed by atoms with Crippen LogP contribution in [-0.4, -0.2) is 33.4 Å². The second kappa shape index (κ2) is 11.0. The van der Waals surface area contributed by atoms with E-state index in [2.05, 4.69) is 0 Å². The fourth-order valence-corrected chi connectivity index (χ4v) is 4.76. The minimum atomic E-state index is -0.419. The molecule has 35 heavy (non-hydrogen) atoms. The summed E-state index contributed by atoms with van der Waals surface area (Å²) < 4.78 is 1.54. The van der Waals surface area contributed by atoms with Gasteiger partial charge in [-0.05, 0) is 61.3 Å². The number of halogens is 1. The molecule has 1 heterocycles. The van der Waals surface area contributed by atoms with Crippen molar-refractivity contribution in [3.63, 3.8) is 0 Å². The highest BCUT2D eigenvalue weighted by atomic mass is 35.5. The minimum Gasteiger partial charge on any atom is -0.330 e. The molecule has 1 amide bonds. The molecule has 3 aromatic carbocycles. The van der Waals surface area contributed by atoms with Crippen molar-refractivity contribution in [1.29, 1.82) is 0 Å². The molecule has 0 aliphatic rings. The van der Waals surface area contributed by atoms with Gasteiger partial charge in [0.2, 0.25) is 0 Å². The average molecular weight is 491 g/mol. The van der Waals surface area contributed by atoms with E-state index in [0.29, 0.717) is 40.4 Å². The van der Waals surface area contributed by atoms with Gasteiger partial charge in [-0.3, -0.25) is 14.2 Å². The molecule has 0 saturated heterocycles. The lowest BCUT2D eigenvalue weighted by Crippen LogP contribution is -2.38. The molecule has 0 aliphatic heterocycles. The molecular formula is C28H31ClN4O2. The normalized spacial score (nSPS) is 12.2. The number of amides is 1. The zero-order chi connectivity index (χ0) is 24.9. The van der Waals surface area contributed by atoms with Crippen LogP contribution >= 0.6 is 11.6 Å². The first kappa shape index (κ1) is 24.9. The predicted octanol–water partition coefficient (Wildman–Crippen LogP) is 5.46. The Kier molecular flexibility index (Phi) is 7.83. The van der Waals surface area contributed by atoms with E-state index in [9.17, 15) is 9.59 Å². The van der Waals surface area contributed by atoms with Crippen LogP contribution in [0.15, 0.2) is 65.5 Å². The molecule has 1 aromatic heterocycles. The second-order valence-electron chi connectivity index (χ2n) is 8.90. The standard InChI is InChI=1S/C28H31ClN4O2/c1-19(26-31-25-18-21(29)14-15-24(25)27(34)32(26)2)33(17-8-4-3-7-16-30)28(35)23-13-9-11-20-10-5-6-12-22(20)23/h5-6,9-15,18-19H,3-4,7-8,16-17,30H2,1-2H3. The molecule has 1 unspecified atom stereocenters. The maximum atomic E-state index is 14.0. The summed E-state index contributed by atoms with van der Waals surface area (Å²) in [6, 6.07) is 18.3. The molecule has 0 spiro atoms. The topological polar surface area (TPSA) is 81.2 Å². The fraction of sp³-hybridized carbons (Fsp3) is 0.321. The molecule has 7 heteroatoms. The van der Waals surface area contributed by atoms with E-state index < -0.39 is 6.04 Å². The molecule has 4 aromatic rings. The third-order valence-corrected chi connectivity index (χ3v) is 6.78. The van der Waals surface area contributed by atoms with Gasteiger partial charge in [-0.15, -0.1) is 0 Å². The van der Waals surface area contributed by atoms with Crippen LogP contribution in [0.25, 0.3) is 21.7 Å². The summed E-state index contributed by atoms with van der Waals surface area (Å²) in [5.41, 5.74) is 6.66. The van der Waals surface area contributed by atoms with Gasteiger partial charge < -0.3 is 10.6 Å². The number of benzene rings is 3. The molecule has 0 saturated carbocycles. The van der Waals surface area contributed by atoms with Gasteiger partial charge in [-0.1, -0.05) is 60.8 Å². The van der Waals surface area contributed by atoms with Crippen LogP contribution < -0.4 is 11.3 Å². The Morgan fingerprint density at radius 2 is 1.77 bits per heavy atom. The second-order valence-corrected chi connectivity index (χ2v) is 9.34. The number of fused-ring (bicyclic) bond motifs is 2. The number of rotatable bonds is 9. The summed E-state index contributed by atoms with van der Waals surface area (Å²) in [5.74, 6) is 0.453. The number of nitrogens with two attached hydrogens (primary N) is 1. The van der Waals surface area contributed by atoms with Crippen LogP contribution in [-0.2, 0) is 7.05 Å². The van der Waals surface area contributed by atoms with Gasteiger partial charge in [0.1, 0.15) is 5.82 Å². The highest BCUT2D eigenvalue weighted by Gasteiger charge is 2.27. The molecule has 182 valence electrons. The molecule has 6 nitrogen and oxygen atoms in total. The van der Waals surface area contributed by atoms with Gasteiger partial charge in [0, 0.05) is 24.2 Å². The first-order valence-corrected chi connectivity index (χ1v) is 12.4. The molecule has 0 bridgehead atoms. The first-order valence-electron chi connectivity index (χ1n) is 12.1. The number of nitrogens with zero attached hydrogens (tertiary/aromatic N) is 3. The van der Waals surface area contributed by atoms with Crippen LogP contribution in [0.5, 0.6) is 0 Å². The third-order valence-electron chi connectivity index (χ3n) is 6.55. The SMILES string of the molecule is CC(c1nc2cc(Cl)ccc2c(=O)n1C)N(CCCCCCN)C(=O)c1cccc2ccccc12. The van der Waals surface area contributed by atoms with Gasteiger partial charge >= 0.3 is 0 Å². The maximum Gasteiger partial charge on any atom is 0.261 e. The van der Waals surface area contributed by atoms with E-state index in [-0.39, 0.29) is 11.5 Å². The van der Waals surface area contributed by atoms with E-state index in [0.717, 1.165) is 36.5 Å². The minimum absolute atomic E-state index is 0.0754. The lowest BCUT2D eigenvalue weighted by Gasteiger charge is -2.30. The number of carbonyl (C=O) groups is 1. The van der Waals surface area contributed by atoms with Crippen molar-refractivity contribution in [1.82, 2.24) is 14.5 Å². The van der Waals surface area contributed by atoms with E-state index >= 15 is 0 Å². The Hall–Kier alpha value is -3.22. The zero-order valence-corrected chi connectivity index (χ0v) is 21.0. The summed E-state index contributed by atoms with van der Waals surface area (Å²) in [6.45, 7) is 3.15. The number of carbonyl (C=O) groups excluding carboxylic acids is 1. The van der Waals surface area contributed by atoms with Crippen molar-refractivity contribution in [2.45, 2.75) is 38.6 Å². The number of unbranched alkanes of at least 4 members (excludes halogenated alkanes) is 3. The van der Waals surface area contributed by atoms with Crippen molar-refractivity contribution in [2.24, 2.45) is 12.8 Å². The van der Waals surface area contributed by atoms with Gasteiger partial charge in [0.05, 0.1) is 16.9 Å². The fourth-order valence-electron chi connectivity index (χ4n) is 4.59. The maximum absolute atomic E-state index is 14.0. The highest BCUT2D eigenvalue weighted by molar-refractivity contribution is 6.31. The molecule has 1 atom stereocenters. The van der Waals surface area contributed by atoms with Crippen molar-refractivity contribution in [3.8, 4) is 0 Å². The highest BCUT2D eigenvalue weighted by Crippen LogP contribution is 2.26. The third kappa shape index (κ3) is 5.24. The molecule has 4 rings (SSSR count). The van der Waals surface area contributed by atoms with Crippen molar-refractivity contribution in [3.05, 3.63) is 87.4 Å². The van der Waals surface area contributed by atoms with Crippen LogP contribution in [0, 0.1) is 0 Å². The monoisotopic (exact) mass is 490 g/mol. The smallest absolute Gasteiger partial charge is 0.261 e. The summed E-state index contributed by atoms with van der Waals surface area (Å²) in [6.07, 6.45) is 3.80. The van der Waals surface area contributed by atoms with Gasteiger partial charge in [0.25, 0.3) is 11.5 Å². The molecule has 0 aliphatic carbocycles. The molecule has 0 fully saturated rings. The Labute approximate surface area is 210 Å². The van der Waals surface area contributed by atoms with Gasteiger partial charge in [-0.2, -0.15) is 0 Å². The Morgan fingerprint density at radius 1 is 1.03 bits per heavy atom. The van der Waals surface area contributed by atoms with E-state index in [1.54, 1.807) is 29.8 Å². The van der Waals surface area contributed by atoms with E-state index in [1.807, 2.05) is 54.3 Å². The Bertz CT molecular complexity index is 1410. The van der Waals surface area contributed by atoms with Crippen LogP contribution in [0.4, 0.5) is 0 Å². The summed E-state index contributed by atoms with van der Waals surface area (Å²) in [5, 5.41) is 2.94. The number of aromatic nitrogens is 2. The zero-order valence-electron chi connectivity index (χ0n) is 20.2. The van der Waals surface area contributed by atoms with E-state index in [1.165, 1.54) is 0 Å². The summed E-state index contributed by atoms with van der Waals surface area (Å²) >= 11 is 6.18. The van der Waals surface area contributed by atoms with Crippen LogP contribution in [0.2, 0.25) is 5.02 Å². The Balaban J connectivity index is 1.75. The number of hydrogen-bond donors (Lipinski definition) is 1. The van der Waals surface area contributed by atoms with Crippen molar-refractivity contribution in [2.75, 3.05) is 13.1 Å². The predicted molar refractivity (Wildman–Crippen MR) is 143 cm³/mol. The first-order chi connectivity index (χ1) is 16.9. The van der Waals surface area contributed by atoms with Crippen molar-refractivity contribution >= 4 is 39.2 Å².